The highest BCUT2D eigenvalue weighted by Crippen LogP contribution is 2.60. The van der Waals surface area contributed by atoms with Gasteiger partial charge in [-0.3, -0.25) is 0 Å². The van der Waals surface area contributed by atoms with Gasteiger partial charge in [-0.05, 0) is 95.7 Å². The molecule has 0 spiro atoms. The molecule has 0 saturated heterocycles. The third kappa shape index (κ3) is 2.75. The minimum atomic E-state index is 0.0791. The van der Waals surface area contributed by atoms with E-state index in [2.05, 4.69) is 22.6 Å². The second-order valence-electron chi connectivity index (χ2n) is 7.21. The Labute approximate surface area is 150 Å². The van der Waals surface area contributed by atoms with Crippen molar-refractivity contribution in [1.82, 2.24) is 0 Å². The van der Waals surface area contributed by atoms with Crippen molar-refractivity contribution < 1.29 is 9.84 Å². The smallest absolute Gasteiger partial charge is 0.129 e. The Morgan fingerprint density at radius 3 is 2.64 bits per heavy atom. The molecule has 0 radical (unpaired) electrons. The maximum absolute atomic E-state index is 9.75. The van der Waals surface area contributed by atoms with E-state index in [0.29, 0.717) is 24.2 Å². The van der Waals surface area contributed by atoms with E-state index in [9.17, 15) is 5.11 Å². The summed E-state index contributed by atoms with van der Waals surface area (Å²) in [6, 6.07) is 5.71. The van der Waals surface area contributed by atoms with Gasteiger partial charge in [0.05, 0.1) is 9.83 Å². The zero-order valence-corrected chi connectivity index (χ0v) is 15.3. The van der Waals surface area contributed by atoms with Crippen LogP contribution in [0.15, 0.2) is 30.0 Å². The molecule has 0 heterocycles. The summed E-state index contributed by atoms with van der Waals surface area (Å²) in [6.07, 6.45) is 8.07. The third-order valence-electron chi connectivity index (χ3n) is 5.54. The van der Waals surface area contributed by atoms with Crippen LogP contribution in [0.2, 0.25) is 0 Å². The largest absolute Gasteiger partial charge is 0.507 e. The first-order valence-corrected chi connectivity index (χ1v) is 9.46. The van der Waals surface area contributed by atoms with Gasteiger partial charge in [0.15, 0.2) is 0 Å². The van der Waals surface area contributed by atoms with Crippen molar-refractivity contribution in [2.24, 2.45) is 17.8 Å². The van der Waals surface area contributed by atoms with E-state index in [0.717, 1.165) is 27.9 Å². The van der Waals surface area contributed by atoms with Crippen molar-refractivity contribution in [1.29, 1.82) is 0 Å². The fourth-order valence-corrected chi connectivity index (χ4v) is 5.73. The molecule has 4 aliphatic carbocycles. The predicted octanol–water partition coefficient (Wildman–Crippen LogP) is 5.21. The normalized spacial score (nSPS) is 35.7. The number of ether oxygens (including phenoxy) is 1. The quantitative estimate of drug-likeness (QED) is 0.405. The zero-order chi connectivity index (χ0) is 15.3. The van der Waals surface area contributed by atoms with Crippen molar-refractivity contribution >= 4 is 34.2 Å². The number of benzene rings is 1. The SMILES string of the molecule is Oc1cc(COC=C2C3CC4CC2CC(Cl)(C4)C3)ccc1I. The number of allylic oxidation sites excluding steroid dienone is 1. The van der Waals surface area contributed by atoms with Crippen LogP contribution in [0.5, 0.6) is 5.75 Å². The van der Waals surface area contributed by atoms with Crippen molar-refractivity contribution in [2.75, 3.05) is 0 Å². The van der Waals surface area contributed by atoms with Crippen molar-refractivity contribution in [3.05, 3.63) is 39.2 Å². The van der Waals surface area contributed by atoms with Crippen LogP contribution in [0.1, 0.15) is 37.7 Å². The summed E-state index contributed by atoms with van der Waals surface area (Å²) in [5.74, 6) is 2.43. The number of rotatable bonds is 3. The van der Waals surface area contributed by atoms with Gasteiger partial charge < -0.3 is 9.84 Å². The fraction of sp³-hybridized carbons (Fsp3) is 0.556. The summed E-state index contributed by atoms with van der Waals surface area (Å²) in [4.78, 5) is 0.0791. The van der Waals surface area contributed by atoms with Crippen molar-refractivity contribution in [3.8, 4) is 5.75 Å². The van der Waals surface area contributed by atoms with E-state index in [1.807, 2.05) is 18.4 Å². The number of hydrogen-bond acceptors (Lipinski definition) is 2. The van der Waals surface area contributed by atoms with E-state index in [4.69, 9.17) is 16.3 Å². The monoisotopic (exact) mass is 430 g/mol. The van der Waals surface area contributed by atoms with Gasteiger partial charge in [-0.1, -0.05) is 6.07 Å². The average molecular weight is 431 g/mol. The highest BCUT2D eigenvalue weighted by molar-refractivity contribution is 14.1. The molecule has 1 aromatic carbocycles. The second kappa shape index (κ2) is 5.59. The van der Waals surface area contributed by atoms with Crippen LogP contribution in [0.25, 0.3) is 0 Å². The zero-order valence-electron chi connectivity index (χ0n) is 12.4. The number of phenolic OH excluding ortho intramolecular Hbond substituents is 1. The minimum absolute atomic E-state index is 0.0791. The summed E-state index contributed by atoms with van der Waals surface area (Å²) >= 11 is 8.89. The van der Waals surface area contributed by atoms with E-state index < -0.39 is 0 Å². The second-order valence-corrected chi connectivity index (χ2v) is 9.17. The Hall–Kier alpha value is -0.420. The fourth-order valence-electron chi connectivity index (χ4n) is 4.80. The maximum atomic E-state index is 9.75. The highest BCUT2D eigenvalue weighted by atomic mass is 127. The standard InChI is InChI=1S/C18H20ClIO2/c19-18-6-12-3-13(7-18)15(14(4-12)8-18)10-22-9-11-1-2-16(20)17(21)5-11/h1-2,5,10,12-14,21H,3-4,6-9H2. The maximum Gasteiger partial charge on any atom is 0.129 e. The van der Waals surface area contributed by atoms with Gasteiger partial charge in [0.2, 0.25) is 0 Å². The van der Waals surface area contributed by atoms with Crippen molar-refractivity contribution in [2.45, 2.75) is 43.6 Å². The molecular formula is C18H20ClIO2. The van der Waals surface area contributed by atoms with E-state index in [-0.39, 0.29) is 4.87 Å². The molecule has 4 heteroatoms. The lowest BCUT2D eigenvalue weighted by atomic mass is 9.54. The summed E-state index contributed by atoms with van der Waals surface area (Å²) < 4.78 is 6.72. The van der Waals surface area contributed by atoms with Crippen LogP contribution in [-0.4, -0.2) is 9.98 Å². The number of aromatic hydroxyl groups is 1. The van der Waals surface area contributed by atoms with Gasteiger partial charge >= 0.3 is 0 Å². The summed E-state index contributed by atoms with van der Waals surface area (Å²) in [5, 5.41) is 9.75. The van der Waals surface area contributed by atoms with Gasteiger partial charge in [-0.15, -0.1) is 11.6 Å². The van der Waals surface area contributed by atoms with Crippen LogP contribution in [0, 0.1) is 21.3 Å². The summed E-state index contributed by atoms with van der Waals surface area (Å²) in [7, 11) is 0. The molecule has 1 N–H and O–H groups in total. The Bertz CT molecular complexity index is 610. The molecule has 4 bridgehead atoms. The van der Waals surface area contributed by atoms with Gasteiger partial charge in [-0.25, -0.2) is 0 Å². The average Bonchev–Trinajstić information content (AvgIpc) is 2.44. The molecule has 2 atom stereocenters. The third-order valence-corrected chi connectivity index (χ3v) is 6.91. The Kier molecular flexibility index (Phi) is 3.84. The van der Waals surface area contributed by atoms with Gasteiger partial charge in [-0.2, -0.15) is 0 Å². The molecule has 1 aromatic rings. The summed E-state index contributed by atoms with van der Waals surface area (Å²) in [5.41, 5.74) is 2.49. The molecule has 4 fully saturated rings. The molecule has 2 unspecified atom stereocenters. The first-order chi connectivity index (χ1) is 10.5. The first-order valence-electron chi connectivity index (χ1n) is 8.00. The van der Waals surface area contributed by atoms with Crippen LogP contribution < -0.4 is 0 Å². The summed E-state index contributed by atoms with van der Waals surface area (Å²) in [6.45, 7) is 0.517. The van der Waals surface area contributed by atoms with Gasteiger partial charge in [0, 0.05) is 4.87 Å². The molecular weight excluding hydrogens is 411 g/mol. The molecule has 0 aromatic heterocycles. The van der Waals surface area contributed by atoms with Crippen LogP contribution in [-0.2, 0) is 11.3 Å². The van der Waals surface area contributed by atoms with Gasteiger partial charge in [0.25, 0.3) is 0 Å². The van der Waals surface area contributed by atoms with Gasteiger partial charge in [0.1, 0.15) is 12.4 Å². The molecule has 4 saturated carbocycles. The Morgan fingerprint density at radius 1 is 1.27 bits per heavy atom. The lowest BCUT2D eigenvalue weighted by molar-refractivity contribution is 0.0792. The van der Waals surface area contributed by atoms with E-state index in [1.54, 1.807) is 6.07 Å². The highest BCUT2D eigenvalue weighted by Gasteiger charge is 2.52. The molecule has 0 aliphatic heterocycles. The van der Waals surface area contributed by atoms with Crippen LogP contribution in [0.4, 0.5) is 0 Å². The number of hydrogen-bond donors (Lipinski definition) is 1. The number of halogens is 2. The van der Waals surface area contributed by atoms with E-state index >= 15 is 0 Å². The number of phenols is 1. The molecule has 118 valence electrons. The lowest BCUT2D eigenvalue weighted by Gasteiger charge is -2.55. The van der Waals surface area contributed by atoms with E-state index in [1.165, 1.54) is 24.8 Å². The molecule has 5 rings (SSSR count). The predicted molar refractivity (Wildman–Crippen MR) is 95.8 cm³/mol. The first kappa shape index (κ1) is 15.1. The number of alkyl halides is 1. The molecule has 0 amide bonds. The Balaban J connectivity index is 1.44. The van der Waals surface area contributed by atoms with Crippen molar-refractivity contribution in [3.63, 3.8) is 0 Å². The molecule has 22 heavy (non-hydrogen) atoms. The lowest BCUT2D eigenvalue weighted by Crippen LogP contribution is -2.48. The molecule has 2 nitrogen and oxygen atoms in total. The van der Waals surface area contributed by atoms with Crippen LogP contribution >= 0.6 is 34.2 Å². The molecule has 4 aliphatic rings. The minimum Gasteiger partial charge on any atom is -0.507 e. The Morgan fingerprint density at radius 2 is 2.00 bits per heavy atom. The van der Waals surface area contributed by atoms with Crippen LogP contribution in [0.3, 0.4) is 0 Å². The topological polar surface area (TPSA) is 29.5 Å².